The third-order valence-corrected chi connectivity index (χ3v) is 4.77. The molecule has 0 bridgehead atoms. The van der Waals surface area contributed by atoms with Crippen molar-refractivity contribution in [3.8, 4) is 0 Å². The van der Waals surface area contributed by atoms with Crippen LogP contribution in [-0.4, -0.2) is 50.0 Å². The molecule has 6 nitrogen and oxygen atoms in total. The summed E-state index contributed by atoms with van der Waals surface area (Å²) in [5.41, 5.74) is 2.14. The first-order valence-corrected chi connectivity index (χ1v) is 8.37. The number of aryl methyl sites for hydroxylation is 1. The number of esters is 1. The molecule has 2 rings (SSSR count). The average molecular weight is 346 g/mol. The lowest BCUT2D eigenvalue weighted by Crippen LogP contribution is -2.41. The molecular formula is C18H27BN2O4. The van der Waals surface area contributed by atoms with Crippen LogP contribution in [0.15, 0.2) is 17.7 Å². The maximum Gasteiger partial charge on any atom is 0.491 e. The van der Waals surface area contributed by atoms with Crippen LogP contribution in [0.25, 0.3) is 6.08 Å². The predicted molar refractivity (Wildman–Crippen MR) is 98.3 cm³/mol. The number of carbonyl (C=O) groups is 1. The summed E-state index contributed by atoms with van der Waals surface area (Å²) >= 11 is 0. The second-order valence-corrected chi connectivity index (χ2v) is 7.26. The van der Waals surface area contributed by atoms with Gasteiger partial charge >= 0.3 is 13.1 Å². The van der Waals surface area contributed by atoms with Gasteiger partial charge in [-0.25, -0.2) is 9.78 Å². The van der Waals surface area contributed by atoms with E-state index in [2.05, 4.69) is 10.3 Å². The zero-order valence-corrected chi connectivity index (χ0v) is 16.1. The summed E-state index contributed by atoms with van der Waals surface area (Å²) in [7, 11) is 2.79. The lowest BCUT2D eigenvalue weighted by molar-refractivity contribution is 0.00578. The number of nitrogens with one attached hydrogen (secondary N) is 1. The number of methoxy groups -OCH3 is 1. The van der Waals surface area contributed by atoms with Crippen molar-refractivity contribution in [1.82, 2.24) is 10.3 Å². The van der Waals surface area contributed by atoms with Crippen molar-refractivity contribution in [2.75, 3.05) is 20.7 Å². The van der Waals surface area contributed by atoms with Gasteiger partial charge in [0, 0.05) is 12.7 Å². The van der Waals surface area contributed by atoms with Gasteiger partial charge in [0.05, 0.1) is 18.3 Å². The van der Waals surface area contributed by atoms with E-state index in [1.165, 1.54) is 7.11 Å². The van der Waals surface area contributed by atoms with Crippen LogP contribution in [0.4, 0.5) is 0 Å². The van der Waals surface area contributed by atoms with E-state index in [0.29, 0.717) is 12.2 Å². The monoisotopic (exact) mass is 346 g/mol. The van der Waals surface area contributed by atoms with Crippen LogP contribution in [0.5, 0.6) is 0 Å². The highest BCUT2D eigenvalue weighted by Crippen LogP contribution is 2.38. The molecule has 0 unspecified atom stereocenters. The lowest BCUT2D eigenvalue weighted by atomic mass is 9.77. The van der Waals surface area contributed by atoms with Crippen LogP contribution < -0.4 is 5.32 Å². The van der Waals surface area contributed by atoms with Gasteiger partial charge in [-0.1, -0.05) is 6.08 Å². The first kappa shape index (κ1) is 19.6. The van der Waals surface area contributed by atoms with Gasteiger partial charge in [0.1, 0.15) is 0 Å². The van der Waals surface area contributed by atoms with Gasteiger partial charge < -0.3 is 19.4 Å². The summed E-state index contributed by atoms with van der Waals surface area (Å²) in [6.07, 6.45) is 3.64. The molecule has 1 N–H and O–H groups in total. The van der Waals surface area contributed by atoms with Crippen molar-refractivity contribution in [2.45, 2.75) is 45.8 Å². The Bertz CT molecular complexity index is 670. The number of carbonyl (C=O) groups excluding carboxylic acids is 1. The Morgan fingerprint density at radius 1 is 1.32 bits per heavy atom. The minimum absolute atomic E-state index is 0.324. The van der Waals surface area contributed by atoms with Crippen LogP contribution >= 0.6 is 0 Å². The van der Waals surface area contributed by atoms with Gasteiger partial charge in [-0.3, -0.25) is 0 Å². The lowest BCUT2D eigenvalue weighted by Gasteiger charge is -2.32. The Balaban J connectivity index is 2.32. The molecule has 7 heteroatoms. The van der Waals surface area contributed by atoms with Crippen molar-refractivity contribution < 1.29 is 18.8 Å². The Hall–Kier alpha value is -1.70. The Morgan fingerprint density at radius 2 is 1.92 bits per heavy atom. The standard InChI is InChI=1S/C18H27BN2O4/c1-12-8-13(10-21-15(12)16(22)23-7)9-14(11-20-6)19-24-17(2,3)18(4,5)25-19/h8-10,20H,11H2,1-7H3. The first-order valence-electron chi connectivity index (χ1n) is 8.37. The quantitative estimate of drug-likeness (QED) is 0.652. The van der Waals surface area contributed by atoms with E-state index in [0.717, 1.165) is 16.6 Å². The summed E-state index contributed by atoms with van der Waals surface area (Å²) in [4.78, 5) is 15.9. The number of rotatable bonds is 5. The number of likely N-dealkylation sites (N-methyl/N-ethyl adjacent to an activating group) is 1. The van der Waals surface area contributed by atoms with Gasteiger partial charge in [-0.15, -0.1) is 0 Å². The zero-order valence-electron chi connectivity index (χ0n) is 16.1. The molecule has 0 atom stereocenters. The fraction of sp³-hybridized carbons (Fsp3) is 0.556. The smallest absolute Gasteiger partial charge is 0.464 e. The Labute approximate surface area is 150 Å². The normalized spacial score (nSPS) is 19.2. The minimum atomic E-state index is -0.436. The molecule has 2 heterocycles. The van der Waals surface area contributed by atoms with Gasteiger partial charge in [0.15, 0.2) is 5.69 Å². The SMILES string of the molecule is CNCC(=Cc1cnc(C(=O)OC)c(C)c1)B1OC(C)(C)C(C)(C)O1. The Kier molecular flexibility index (Phi) is 5.71. The molecule has 0 amide bonds. The number of pyridine rings is 1. The van der Waals surface area contributed by atoms with E-state index < -0.39 is 24.3 Å². The molecule has 136 valence electrons. The molecule has 1 aromatic rings. The molecule has 0 aliphatic carbocycles. The van der Waals surface area contributed by atoms with E-state index in [1.807, 2.05) is 53.8 Å². The molecule has 25 heavy (non-hydrogen) atoms. The zero-order chi connectivity index (χ0) is 18.8. The fourth-order valence-corrected chi connectivity index (χ4v) is 2.60. The van der Waals surface area contributed by atoms with Crippen molar-refractivity contribution in [3.63, 3.8) is 0 Å². The number of nitrogens with zero attached hydrogens (tertiary/aromatic N) is 1. The van der Waals surface area contributed by atoms with Crippen LogP contribution in [0, 0.1) is 6.92 Å². The number of ether oxygens (including phenoxy) is 1. The van der Waals surface area contributed by atoms with Crippen molar-refractivity contribution in [3.05, 3.63) is 34.6 Å². The van der Waals surface area contributed by atoms with Gasteiger partial charge in [0.2, 0.25) is 0 Å². The van der Waals surface area contributed by atoms with Gasteiger partial charge in [-0.2, -0.15) is 0 Å². The molecule has 0 radical (unpaired) electrons. The molecule has 1 fully saturated rings. The van der Waals surface area contributed by atoms with Crippen molar-refractivity contribution in [2.24, 2.45) is 0 Å². The minimum Gasteiger partial charge on any atom is -0.464 e. The summed E-state index contributed by atoms with van der Waals surface area (Å²) < 4.78 is 17.0. The molecule has 1 aliphatic heterocycles. The maximum absolute atomic E-state index is 11.7. The van der Waals surface area contributed by atoms with E-state index in [-0.39, 0.29) is 0 Å². The predicted octanol–water partition coefficient (Wildman–Crippen LogP) is 2.41. The fourth-order valence-electron chi connectivity index (χ4n) is 2.60. The largest absolute Gasteiger partial charge is 0.491 e. The van der Waals surface area contributed by atoms with Crippen LogP contribution in [0.1, 0.15) is 49.3 Å². The highest BCUT2D eigenvalue weighted by molar-refractivity contribution is 6.55. The molecular weight excluding hydrogens is 319 g/mol. The van der Waals surface area contributed by atoms with Gasteiger partial charge in [0.25, 0.3) is 0 Å². The molecule has 0 aromatic carbocycles. The molecule has 1 aromatic heterocycles. The van der Waals surface area contributed by atoms with Crippen LogP contribution in [-0.2, 0) is 14.0 Å². The number of hydrogen-bond donors (Lipinski definition) is 1. The van der Waals surface area contributed by atoms with E-state index in [4.69, 9.17) is 14.0 Å². The highest BCUT2D eigenvalue weighted by atomic mass is 16.7. The number of hydrogen-bond acceptors (Lipinski definition) is 6. The summed E-state index contributed by atoms with van der Waals surface area (Å²) in [6, 6.07) is 1.90. The topological polar surface area (TPSA) is 69.7 Å². The van der Waals surface area contributed by atoms with Crippen LogP contribution in [0.3, 0.4) is 0 Å². The number of aromatic nitrogens is 1. The third kappa shape index (κ3) is 4.11. The van der Waals surface area contributed by atoms with Crippen LogP contribution in [0.2, 0.25) is 0 Å². The second-order valence-electron chi connectivity index (χ2n) is 7.26. The summed E-state index contributed by atoms with van der Waals surface area (Å²) in [6.45, 7) is 10.6. The summed E-state index contributed by atoms with van der Waals surface area (Å²) in [5, 5.41) is 3.15. The van der Waals surface area contributed by atoms with Crippen molar-refractivity contribution >= 4 is 19.2 Å². The third-order valence-electron chi connectivity index (χ3n) is 4.77. The molecule has 1 saturated heterocycles. The maximum atomic E-state index is 11.7. The summed E-state index contributed by atoms with van der Waals surface area (Å²) in [5.74, 6) is -0.436. The Morgan fingerprint density at radius 3 is 2.40 bits per heavy atom. The van der Waals surface area contributed by atoms with E-state index in [9.17, 15) is 4.79 Å². The molecule has 0 spiro atoms. The molecule has 0 saturated carbocycles. The highest BCUT2D eigenvalue weighted by Gasteiger charge is 2.52. The molecule has 1 aliphatic rings. The van der Waals surface area contributed by atoms with Crippen molar-refractivity contribution in [1.29, 1.82) is 0 Å². The van der Waals surface area contributed by atoms with E-state index in [1.54, 1.807) is 6.20 Å². The second kappa shape index (κ2) is 7.27. The average Bonchev–Trinajstić information content (AvgIpc) is 2.74. The first-order chi connectivity index (χ1) is 11.6. The van der Waals surface area contributed by atoms with Gasteiger partial charge in [-0.05, 0) is 64.3 Å². The van der Waals surface area contributed by atoms with E-state index >= 15 is 0 Å².